The number of nitrogen functional groups attached to an aromatic ring is 1. The van der Waals surface area contributed by atoms with Crippen LogP contribution in [0, 0.1) is 0 Å². The standard InChI is InChI=1S/C12H16ClNO2S/c1-8-12(4-5-16-8)17(15)7-9-6-10(13)2-3-11(9)14/h2-3,6,8,12H,4-5,7,14H2,1H3. The van der Waals surface area contributed by atoms with E-state index in [2.05, 4.69) is 0 Å². The first-order chi connectivity index (χ1) is 8.08. The highest BCUT2D eigenvalue weighted by Crippen LogP contribution is 2.24. The highest BCUT2D eigenvalue weighted by atomic mass is 35.5. The van der Waals surface area contributed by atoms with Gasteiger partial charge in [-0.05, 0) is 37.1 Å². The summed E-state index contributed by atoms with van der Waals surface area (Å²) in [5, 5.41) is 0.732. The average Bonchev–Trinajstić information content (AvgIpc) is 2.70. The van der Waals surface area contributed by atoms with Crippen molar-refractivity contribution in [1.29, 1.82) is 0 Å². The van der Waals surface area contributed by atoms with Crippen molar-refractivity contribution in [3.63, 3.8) is 0 Å². The SMILES string of the molecule is CC1OCCC1S(=O)Cc1cc(Cl)ccc1N. The maximum absolute atomic E-state index is 12.2. The lowest BCUT2D eigenvalue weighted by Gasteiger charge is -2.14. The number of rotatable bonds is 3. The number of hydrogen-bond acceptors (Lipinski definition) is 3. The lowest BCUT2D eigenvalue weighted by molar-refractivity contribution is 0.127. The predicted octanol–water partition coefficient (Wildman–Crippen LogP) is 2.35. The average molecular weight is 274 g/mol. The molecule has 1 aromatic carbocycles. The minimum absolute atomic E-state index is 0.0660. The summed E-state index contributed by atoms with van der Waals surface area (Å²) in [7, 11) is -0.959. The van der Waals surface area contributed by atoms with Crippen LogP contribution in [0.4, 0.5) is 5.69 Å². The maximum atomic E-state index is 12.2. The number of halogens is 1. The van der Waals surface area contributed by atoms with E-state index < -0.39 is 10.8 Å². The fourth-order valence-electron chi connectivity index (χ4n) is 2.02. The van der Waals surface area contributed by atoms with Crippen LogP contribution in [-0.4, -0.2) is 22.2 Å². The number of benzene rings is 1. The first kappa shape index (κ1) is 12.9. The van der Waals surface area contributed by atoms with E-state index in [1.807, 2.05) is 6.92 Å². The monoisotopic (exact) mass is 273 g/mol. The molecule has 0 amide bonds. The normalized spacial score (nSPS) is 26.0. The summed E-state index contributed by atoms with van der Waals surface area (Å²) < 4.78 is 17.6. The van der Waals surface area contributed by atoms with Gasteiger partial charge in [-0.1, -0.05) is 11.6 Å². The fraction of sp³-hybridized carbons (Fsp3) is 0.500. The lowest BCUT2D eigenvalue weighted by Crippen LogP contribution is -2.24. The van der Waals surface area contributed by atoms with Crippen molar-refractivity contribution < 1.29 is 8.95 Å². The molecule has 1 fully saturated rings. The summed E-state index contributed by atoms with van der Waals surface area (Å²) in [4.78, 5) is 0. The summed E-state index contributed by atoms with van der Waals surface area (Å²) in [6.07, 6.45) is 0.921. The third-order valence-electron chi connectivity index (χ3n) is 3.05. The van der Waals surface area contributed by atoms with Crippen LogP contribution in [0.5, 0.6) is 0 Å². The van der Waals surface area contributed by atoms with Crippen molar-refractivity contribution in [1.82, 2.24) is 0 Å². The van der Waals surface area contributed by atoms with Crippen molar-refractivity contribution in [3.8, 4) is 0 Å². The van der Waals surface area contributed by atoms with Crippen molar-refractivity contribution >= 4 is 28.1 Å². The molecule has 3 unspecified atom stereocenters. The summed E-state index contributed by atoms with van der Waals surface area (Å²) >= 11 is 5.91. The van der Waals surface area contributed by atoms with Crippen LogP contribution in [-0.2, 0) is 21.3 Å². The first-order valence-electron chi connectivity index (χ1n) is 5.60. The van der Waals surface area contributed by atoms with Gasteiger partial charge in [0.25, 0.3) is 0 Å². The molecule has 0 bridgehead atoms. The Morgan fingerprint density at radius 3 is 3.00 bits per heavy atom. The van der Waals surface area contributed by atoms with E-state index in [-0.39, 0.29) is 11.4 Å². The van der Waals surface area contributed by atoms with Crippen molar-refractivity contribution in [3.05, 3.63) is 28.8 Å². The molecule has 1 aliphatic heterocycles. The van der Waals surface area contributed by atoms with Gasteiger partial charge in [0, 0.05) is 28.1 Å². The van der Waals surface area contributed by atoms with Gasteiger partial charge < -0.3 is 10.5 Å². The molecule has 5 heteroatoms. The zero-order valence-electron chi connectivity index (χ0n) is 9.69. The summed E-state index contributed by atoms with van der Waals surface area (Å²) in [6, 6.07) is 5.28. The van der Waals surface area contributed by atoms with Crippen LogP contribution in [0.2, 0.25) is 5.02 Å². The molecular formula is C12H16ClNO2S. The fourth-order valence-corrected chi connectivity index (χ4v) is 3.85. The van der Waals surface area contributed by atoms with Gasteiger partial charge in [0.05, 0.1) is 17.1 Å². The molecule has 1 saturated heterocycles. The first-order valence-corrected chi connectivity index (χ1v) is 7.36. The van der Waals surface area contributed by atoms with E-state index in [4.69, 9.17) is 22.1 Å². The van der Waals surface area contributed by atoms with Crippen LogP contribution < -0.4 is 5.73 Å². The predicted molar refractivity (Wildman–Crippen MR) is 71.5 cm³/mol. The van der Waals surface area contributed by atoms with E-state index >= 15 is 0 Å². The third-order valence-corrected chi connectivity index (χ3v) is 5.17. The van der Waals surface area contributed by atoms with E-state index in [1.54, 1.807) is 18.2 Å². The van der Waals surface area contributed by atoms with Gasteiger partial charge in [0.1, 0.15) is 0 Å². The minimum Gasteiger partial charge on any atom is -0.398 e. The van der Waals surface area contributed by atoms with Crippen LogP contribution >= 0.6 is 11.6 Å². The Kier molecular flexibility index (Phi) is 4.07. The van der Waals surface area contributed by atoms with Crippen LogP contribution in [0.3, 0.4) is 0 Å². The zero-order chi connectivity index (χ0) is 12.4. The molecular weight excluding hydrogens is 258 g/mol. The Hall–Kier alpha value is -0.580. The molecule has 17 heavy (non-hydrogen) atoms. The van der Waals surface area contributed by atoms with Gasteiger partial charge in [-0.3, -0.25) is 4.21 Å². The lowest BCUT2D eigenvalue weighted by atomic mass is 10.2. The molecule has 1 aliphatic rings. The maximum Gasteiger partial charge on any atom is 0.0691 e. The van der Waals surface area contributed by atoms with Crippen molar-refractivity contribution in [2.45, 2.75) is 30.5 Å². The smallest absolute Gasteiger partial charge is 0.0691 e. The molecule has 3 nitrogen and oxygen atoms in total. The number of hydrogen-bond donors (Lipinski definition) is 1. The highest BCUT2D eigenvalue weighted by Gasteiger charge is 2.29. The Bertz CT molecular complexity index is 439. The van der Waals surface area contributed by atoms with Gasteiger partial charge in [-0.15, -0.1) is 0 Å². The quantitative estimate of drug-likeness (QED) is 0.860. The molecule has 2 N–H and O–H groups in total. The highest BCUT2D eigenvalue weighted by molar-refractivity contribution is 7.84. The molecule has 0 aromatic heterocycles. The third kappa shape index (κ3) is 3.00. The molecule has 0 radical (unpaired) electrons. The molecule has 0 aliphatic carbocycles. The van der Waals surface area contributed by atoms with Gasteiger partial charge >= 0.3 is 0 Å². The van der Waals surface area contributed by atoms with Gasteiger partial charge in [0.15, 0.2) is 0 Å². The molecule has 2 rings (SSSR count). The van der Waals surface area contributed by atoms with Crippen molar-refractivity contribution in [2.24, 2.45) is 0 Å². The van der Waals surface area contributed by atoms with Crippen LogP contribution in [0.15, 0.2) is 18.2 Å². The zero-order valence-corrected chi connectivity index (χ0v) is 11.3. The van der Waals surface area contributed by atoms with Crippen LogP contribution in [0.1, 0.15) is 18.9 Å². The second-order valence-electron chi connectivity index (χ2n) is 4.27. The number of ether oxygens (including phenoxy) is 1. The van der Waals surface area contributed by atoms with Gasteiger partial charge in [-0.25, -0.2) is 0 Å². The number of nitrogens with two attached hydrogens (primary N) is 1. The summed E-state index contributed by atoms with van der Waals surface area (Å²) in [5.74, 6) is 0.449. The Labute approximate surface area is 109 Å². The molecule has 0 saturated carbocycles. The van der Waals surface area contributed by atoms with E-state index in [0.717, 1.165) is 12.0 Å². The molecule has 1 heterocycles. The minimum atomic E-state index is -0.959. The second kappa shape index (κ2) is 5.38. The molecule has 0 spiro atoms. The Balaban J connectivity index is 2.10. The van der Waals surface area contributed by atoms with Crippen LogP contribution in [0.25, 0.3) is 0 Å². The molecule has 94 valence electrons. The van der Waals surface area contributed by atoms with Gasteiger partial charge in [-0.2, -0.15) is 0 Å². The molecule has 1 aromatic rings. The molecule has 3 atom stereocenters. The van der Waals surface area contributed by atoms with E-state index in [1.165, 1.54) is 0 Å². The summed E-state index contributed by atoms with van der Waals surface area (Å²) in [6.45, 7) is 2.67. The largest absolute Gasteiger partial charge is 0.398 e. The Morgan fingerprint density at radius 2 is 2.35 bits per heavy atom. The second-order valence-corrected chi connectivity index (χ2v) is 6.36. The van der Waals surface area contributed by atoms with Crippen molar-refractivity contribution in [2.75, 3.05) is 12.3 Å². The Morgan fingerprint density at radius 1 is 1.59 bits per heavy atom. The number of anilines is 1. The van der Waals surface area contributed by atoms with E-state index in [9.17, 15) is 4.21 Å². The summed E-state index contributed by atoms with van der Waals surface area (Å²) in [5.41, 5.74) is 7.35. The van der Waals surface area contributed by atoms with Gasteiger partial charge in [0.2, 0.25) is 0 Å². The van der Waals surface area contributed by atoms with E-state index in [0.29, 0.717) is 23.1 Å². The topological polar surface area (TPSA) is 52.3 Å².